The molecule has 0 fully saturated rings. The Morgan fingerprint density at radius 2 is 2.07 bits per heavy atom. The fraction of sp³-hybridized carbons (Fsp3) is 0.333. The second kappa shape index (κ2) is 3.82. The Morgan fingerprint density at radius 3 is 2.43 bits per heavy atom. The molecule has 3 nitrogen and oxygen atoms in total. The molecule has 0 radical (unpaired) electrons. The molecule has 0 aromatic carbocycles. The molecule has 0 aliphatic heterocycles. The summed E-state index contributed by atoms with van der Waals surface area (Å²) in [6.45, 7) is 0. The Bertz CT molecular complexity index is 382. The van der Waals surface area contributed by atoms with E-state index in [9.17, 15) is 17.4 Å². The molecule has 14 heavy (non-hydrogen) atoms. The van der Waals surface area contributed by atoms with Crippen LogP contribution in [0.4, 0.5) is 13.2 Å². The first-order valence-corrected chi connectivity index (χ1v) is 5.19. The van der Waals surface area contributed by atoms with Gasteiger partial charge in [-0.1, -0.05) is 11.6 Å². The summed E-state index contributed by atoms with van der Waals surface area (Å²) in [4.78, 5) is 6.56. The lowest BCUT2D eigenvalue weighted by Crippen LogP contribution is -2.09. The van der Waals surface area contributed by atoms with Crippen molar-refractivity contribution < 1.29 is 17.4 Å². The Balaban J connectivity index is 3.21. The van der Waals surface area contributed by atoms with E-state index >= 15 is 0 Å². The Morgan fingerprint density at radius 1 is 1.50 bits per heavy atom. The number of nitrogens with zero attached hydrogens (tertiary/aromatic N) is 2. The summed E-state index contributed by atoms with van der Waals surface area (Å²) in [5.41, 5.74) is -1.13. The molecule has 1 unspecified atom stereocenters. The van der Waals surface area contributed by atoms with Crippen LogP contribution < -0.4 is 0 Å². The van der Waals surface area contributed by atoms with Crippen LogP contribution in [0.15, 0.2) is 11.4 Å². The molecule has 0 amide bonds. The Labute approximate surface area is 84.8 Å². The van der Waals surface area contributed by atoms with E-state index in [2.05, 4.69) is 9.97 Å². The minimum absolute atomic E-state index is 0.219. The molecule has 0 saturated carbocycles. The Kier molecular flexibility index (Phi) is 3.10. The fourth-order valence-electron chi connectivity index (χ4n) is 0.675. The second-order valence-corrected chi connectivity index (χ2v) is 3.94. The third-order valence-corrected chi connectivity index (χ3v) is 2.28. The highest BCUT2D eigenvalue weighted by Gasteiger charge is 2.34. The molecule has 0 N–H and O–H groups in total. The fourth-order valence-corrected chi connectivity index (χ4v) is 1.38. The lowest BCUT2D eigenvalue weighted by Gasteiger charge is -2.07. The average molecular weight is 245 g/mol. The highest BCUT2D eigenvalue weighted by molar-refractivity contribution is 7.84. The predicted octanol–water partition coefficient (Wildman–Crippen LogP) is 1.89. The van der Waals surface area contributed by atoms with Crippen molar-refractivity contribution in [2.24, 2.45) is 0 Å². The topological polar surface area (TPSA) is 42.9 Å². The van der Waals surface area contributed by atoms with E-state index in [0.29, 0.717) is 6.20 Å². The summed E-state index contributed by atoms with van der Waals surface area (Å²) in [5.74, 6) is 0. The minimum atomic E-state index is -4.59. The summed E-state index contributed by atoms with van der Waals surface area (Å²) in [6.07, 6.45) is -2.82. The molecule has 0 aliphatic rings. The predicted molar refractivity (Wildman–Crippen MR) is 44.4 cm³/mol. The van der Waals surface area contributed by atoms with Crippen LogP contribution in [0.3, 0.4) is 0 Å². The van der Waals surface area contributed by atoms with Crippen LogP contribution in [0.2, 0.25) is 5.15 Å². The van der Waals surface area contributed by atoms with Crippen LogP contribution in [-0.2, 0) is 17.0 Å². The Hall–Kier alpha value is -0.690. The molecule has 0 bridgehead atoms. The van der Waals surface area contributed by atoms with Crippen molar-refractivity contribution >= 4 is 22.4 Å². The zero-order valence-corrected chi connectivity index (χ0v) is 8.37. The van der Waals surface area contributed by atoms with Crippen molar-refractivity contribution in [1.82, 2.24) is 9.97 Å². The van der Waals surface area contributed by atoms with Crippen LogP contribution in [0.25, 0.3) is 0 Å². The van der Waals surface area contributed by atoms with Gasteiger partial charge in [-0.2, -0.15) is 13.2 Å². The van der Waals surface area contributed by atoms with Crippen LogP contribution in [0, 0.1) is 0 Å². The molecule has 0 aliphatic carbocycles. The lowest BCUT2D eigenvalue weighted by molar-refractivity contribution is -0.138. The number of halogens is 4. The van der Waals surface area contributed by atoms with Crippen LogP contribution in [-0.4, -0.2) is 20.4 Å². The highest BCUT2D eigenvalue weighted by Crippen LogP contribution is 2.32. The standard InChI is InChI=1S/C6H4ClF3N2OS/c1-14(13)5-11-2-3(4(7)12-5)6(8,9)10/h2H,1H3. The zero-order valence-electron chi connectivity index (χ0n) is 6.80. The van der Waals surface area contributed by atoms with Gasteiger partial charge in [0.2, 0.25) is 5.16 Å². The molecular weight excluding hydrogens is 241 g/mol. The van der Waals surface area contributed by atoms with Gasteiger partial charge >= 0.3 is 6.18 Å². The highest BCUT2D eigenvalue weighted by atomic mass is 35.5. The van der Waals surface area contributed by atoms with E-state index in [1.165, 1.54) is 6.26 Å². The van der Waals surface area contributed by atoms with Gasteiger partial charge in [0.25, 0.3) is 0 Å². The summed E-state index contributed by atoms with van der Waals surface area (Å²) in [7, 11) is -1.55. The maximum Gasteiger partial charge on any atom is 0.420 e. The lowest BCUT2D eigenvalue weighted by atomic mass is 10.3. The first-order chi connectivity index (χ1) is 6.32. The van der Waals surface area contributed by atoms with E-state index in [4.69, 9.17) is 11.6 Å². The number of alkyl halides is 3. The average Bonchev–Trinajstić information content (AvgIpc) is 2.01. The van der Waals surface area contributed by atoms with Gasteiger partial charge in [0, 0.05) is 12.5 Å². The van der Waals surface area contributed by atoms with Crippen LogP contribution in [0.1, 0.15) is 5.56 Å². The summed E-state index contributed by atoms with van der Waals surface area (Å²) < 4.78 is 47.2. The van der Waals surface area contributed by atoms with Gasteiger partial charge in [-0.15, -0.1) is 0 Å². The third-order valence-electron chi connectivity index (χ3n) is 1.28. The van der Waals surface area contributed by atoms with E-state index in [-0.39, 0.29) is 5.16 Å². The summed E-state index contributed by atoms with van der Waals surface area (Å²) >= 11 is 5.25. The number of hydrogen-bond acceptors (Lipinski definition) is 3. The molecule has 1 aromatic rings. The molecular formula is C6H4ClF3N2OS. The van der Waals surface area contributed by atoms with E-state index < -0.39 is 27.7 Å². The number of hydrogen-bond donors (Lipinski definition) is 0. The smallest absolute Gasteiger partial charge is 0.251 e. The summed E-state index contributed by atoms with van der Waals surface area (Å²) in [6, 6.07) is 0. The van der Waals surface area contributed by atoms with Gasteiger partial charge in [-0.3, -0.25) is 4.21 Å². The molecule has 1 aromatic heterocycles. The monoisotopic (exact) mass is 244 g/mol. The van der Waals surface area contributed by atoms with Crippen LogP contribution >= 0.6 is 11.6 Å². The molecule has 1 atom stereocenters. The quantitative estimate of drug-likeness (QED) is 0.560. The minimum Gasteiger partial charge on any atom is -0.251 e. The first kappa shape index (κ1) is 11.4. The summed E-state index contributed by atoms with van der Waals surface area (Å²) in [5, 5.41) is -0.958. The van der Waals surface area contributed by atoms with E-state index in [0.717, 1.165) is 0 Å². The first-order valence-electron chi connectivity index (χ1n) is 3.25. The van der Waals surface area contributed by atoms with Gasteiger partial charge in [-0.05, 0) is 0 Å². The molecule has 0 saturated heterocycles. The molecule has 1 heterocycles. The molecule has 8 heteroatoms. The molecule has 0 spiro atoms. The van der Waals surface area contributed by atoms with Gasteiger partial charge in [-0.25, -0.2) is 9.97 Å². The van der Waals surface area contributed by atoms with E-state index in [1.807, 2.05) is 0 Å². The SMILES string of the molecule is CS(=O)c1ncc(C(F)(F)F)c(Cl)n1. The maximum absolute atomic E-state index is 12.1. The third kappa shape index (κ3) is 2.42. The van der Waals surface area contributed by atoms with Gasteiger partial charge in [0.05, 0.1) is 10.8 Å². The van der Waals surface area contributed by atoms with Crippen molar-refractivity contribution in [2.75, 3.05) is 6.26 Å². The van der Waals surface area contributed by atoms with Crippen molar-refractivity contribution in [3.05, 3.63) is 16.9 Å². The van der Waals surface area contributed by atoms with Gasteiger partial charge in [0.1, 0.15) is 10.7 Å². The van der Waals surface area contributed by atoms with Gasteiger partial charge in [0.15, 0.2) is 0 Å². The number of rotatable bonds is 1. The molecule has 78 valence electrons. The van der Waals surface area contributed by atoms with Gasteiger partial charge < -0.3 is 0 Å². The van der Waals surface area contributed by atoms with Crippen LogP contribution in [0.5, 0.6) is 0 Å². The van der Waals surface area contributed by atoms with Crippen molar-refractivity contribution in [3.8, 4) is 0 Å². The molecule has 1 rings (SSSR count). The maximum atomic E-state index is 12.1. The van der Waals surface area contributed by atoms with Crippen molar-refractivity contribution in [3.63, 3.8) is 0 Å². The zero-order chi connectivity index (χ0) is 10.9. The largest absolute Gasteiger partial charge is 0.420 e. The van der Waals surface area contributed by atoms with E-state index in [1.54, 1.807) is 0 Å². The normalized spacial score (nSPS) is 14.1. The number of aromatic nitrogens is 2. The van der Waals surface area contributed by atoms with Crippen molar-refractivity contribution in [1.29, 1.82) is 0 Å². The second-order valence-electron chi connectivity index (χ2n) is 2.31. The van der Waals surface area contributed by atoms with Crippen molar-refractivity contribution in [2.45, 2.75) is 11.3 Å².